The van der Waals surface area contributed by atoms with Crippen molar-refractivity contribution < 1.29 is 9.53 Å². The maximum Gasteiger partial charge on any atom is 0.333 e. The Balaban J connectivity index is 1.87. The number of carbonyl (C=O) groups is 1. The monoisotopic (exact) mass is 382 g/mol. The maximum atomic E-state index is 11.5. The molecule has 3 heteroatoms. The molecule has 0 heterocycles. The second kappa shape index (κ2) is 8.00. The molecule has 2 fully saturated rings. The Morgan fingerprint density at radius 3 is 2.91 bits per heavy atom. The SMILES string of the molecule is C=C(C(=O)OC)C(C)CCCC1CCC2/C(=C/Br)CCCC12C. The highest BCUT2D eigenvalue weighted by Crippen LogP contribution is 2.58. The van der Waals surface area contributed by atoms with Gasteiger partial charge in [0.15, 0.2) is 0 Å². The fourth-order valence-corrected chi connectivity index (χ4v) is 5.48. The van der Waals surface area contributed by atoms with Crippen LogP contribution in [-0.2, 0) is 9.53 Å². The van der Waals surface area contributed by atoms with E-state index in [0.29, 0.717) is 11.0 Å². The zero-order chi connectivity index (χ0) is 17.0. The van der Waals surface area contributed by atoms with Gasteiger partial charge in [0.05, 0.1) is 7.11 Å². The first-order chi connectivity index (χ1) is 10.9. The number of hydrogen-bond acceptors (Lipinski definition) is 2. The minimum atomic E-state index is -0.259. The first-order valence-electron chi connectivity index (χ1n) is 9.00. The van der Waals surface area contributed by atoms with E-state index in [9.17, 15) is 4.79 Å². The van der Waals surface area contributed by atoms with Gasteiger partial charge in [0, 0.05) is 5.57 Å². The maximum absolute atomic E-state index is 11.5. The lowest BCUT2D eigenvalue weighted by Gasteiger charge is -2.42. The number of allylic oxidation sites excluding steroid dienone is 1. The molecular formula is C20H31BrO2. The third kappa shape index (κ3) is 3.92. The van der Waals surface area contributed by atoms with Crippen LogP contribution in [0.5, 0.6) is 0 Å². The van der Waals surface area contributed by atoms with Crippen LogP contribution >= 0.6 is 15.9 Å². The zero-order valence-corrected chi connectivity index (χ0v) is 16.5. The van der Waals surface area contributed by atoms with Crippen molar-refractivity contribution in [1.29, 1.82) is 0 Å². The van der Waals surface area contributed by atoms with Crippen molar-refractivity contribution in [2.24, 2.45) is 23.2 Å². The van der Waals surface area contributed by atoms with Crippen molar-refractivity contribution in [3.63, 3.8) is 0 Å². The average molecular weight is 383 g/mol. The van der Waals surface area contributed by atoms with E-state index >= 15 is 0 Å². The van der Waals surface area contributed by atoms with Gasteiger partial charge >= 0.3 is 5.97 Å². The van der Waals surface area contributed by atoms with Crippen molar-refractivity contribution in [3.8, 4) is 0 Å². The number of fused-ring (bicyclic) bond motifs is 1. The molecule has 4 unspecified atom stereocenters. The van der Waals surface area contributed by atoms with Crippen molar-refractivity contribution in [1.82, 2.24) is 0 Å². The highest BCUT2D eigenvalue weighted by atomic mass is 79.9. The van der Waals surface area contributed by atoms with Gasteiger partial charge in [-0.3, -0.25) is 0 Å². The molecule has 130 valence electrons. The molecule has 0 aromatic carbocycles. The topological polar surface area (TPSA) is 26.3 Å². The second-order valence-electron chi connectivity index (χ2n) is 7.72. The van der Waals surface area contributed by atoms with Gasteiger partial charge in [-0.25, -0.2) is 4.79 Å². The molecule has 23 heavy (non-hydrogen) atoms. The Kier molecular flexibility index (Phi) is 6.53. The summed E-state index contributed by atoms with van der Waals surface area (Å²) in [5.41, 5.74) is 2.74. The first kappa shape index (κ1) is 18.8. The fourth-order valence-electron chi connectivity index (χ4n) is 4.93. The van der Waals surface area contributed by atoms with Crippen LogP contribution < -0.4 is 0 Å². The lowest BCUT2D eigenvalue weighted by molar-refractivity contribution is -0.136. The minimum absolute atomic E-state index is 0.219. The predicted octanol–water partition coefficient (Wildman–Crippen LogP) is 6.02. The normalized spacial score (nSPS) is 33.3. The molecule has 2 aliphatic rings. The van der Waals surface area contributed by atoms with Gasteiger partial charge in [-0.05, 0) is 73.1 Å². The van der Waals surface area contributed by atoms with Crippen molar-refractivity contribution in [2.45, 2.75) is 65.2 Å². The van der Waals surface area contributed by atoms with Crippen LogP contribution in [0.2, 0.25) is 0 Å². The number of methoxy groups -OCH3 is 1. The Labute approximate surface area is 149 Å². The summed E-state index contributed by atoms with van der Waals surface area (Å²) in [7, 11) is 1.43. The van der Waals surface area contributed by atoms with Crippen LogP contribution in [0.15, 0.2) is 22.7 Å². The number of esters is 1. The fraction of sp³-hybridized carbons (Fsp3) is 0.750. The van der Waals surface area contributed by atoms with Gasteiger partial charge in [-0.15, -0.1) is 0 Å². The molecule has 4 atom stereocenters. The predicted molar refractivity (Wildman–Crippen MR) is 99.4 cm³/mol. The zero-order valence-electron chi connectivity index (χ0n) is 14.9. The summed E-state index contributed by atoms with van der Waals surface area (Å²) >= 11 is 3.58. The van der Waals surface area contributed by atoms with Crippen molar-refractivity contribution in [3.05, 3.63) is 22.7 Å². The Hall–Kier alpha value is -0.570. The molecule has 0 aliphatic heterocycles. The quantitative estimate of drug-likeness (QED) is 0.414. The van der Waals surface area contributed by atoms with E-state index in [0.717, 1.165) is 18.3 Å². The highest BCUT2D eigenvalue weighted by molar-refractivity contribution is 9.11. The van der Waals surface area contributed by atoms with Crippen LogP contribution in [0.1, 0.15) is 65.2 Å². The number of ether oxygens (including phenoxy) is 1. The molecule has 0 N–H and O–H groups in total. The number of carbonyl (C=O) groups excluding carboxylic acids is 1. The molecule has 0 amide bonds. The van der Waals surface area contributed by atoms with Gasteiger partial charge in [0.1, 0.15) is 0 Å². The van der Waals surface area contributed by atoms with Gasteiger partial charge in [0.25, 0.3) is 0 Å². The molecule has 2 rings (SSSR count). The molecule has 2 saturated carbocycles. The van der Waals surface area contributed by atoms with Crippen molar-refractivity contribution in [2.75, 3.05) is 7.11 Å². The van der Waals surface area contributed by atoms with E-state index in [-0.39, 0.29) is 11.9 Å². The van der Waals surface area contributed by atoms with Gasteiger partial charge < -0.3 is 4.74 Å². The molecule has 2 aliphatic carbocycles. The van der Waals surface area contributed by atoms with Gasteiger partial charge in [-0.2, -0.15) is 0 Å². The number of hydrogen-bond donors (Lipinski definition) is 0. The largest absolute Gasteiger partial charge is 0.466 e. The standard InChI is InChI=1S/C20H31BrO2/c1-14(15(2)19(22)23-4)7-5-9-17-10-11-18-16(13-21)8-6-12-20(17,18)3/h13-14,17-18H,2,5-12H2,1,3-4H3/b16-13+. The molecule has 2 nitrogen and oxygen atoms in total. The molecule has 0 bridgehead atoms. The molecule has 0 aromatic rings. The summed E-state index contributed by atoms with van der Waals surface area (Å²) in [6.45, 7) is 8.49. The average Bonchev–Trinajstić information content (AvgIpc) is 2.89. The van der Waals surface area contributed by atoms with E-state index in [1.54, 1.807) is 5.57 Å². The van der Waals surface area contributed by atoms with Crippen LogP contribution in [0, 0.1) is 23.2 Å². The van der Waals surface area contributed by atoms with Crippen LogP contribution in [0.25, 0.3) is 0 Å². The summed E-state index contributed by atoms with van der Waals surface area (Å²) < 4.78 is 4.77. The lowest BCUT2D eigenvalue weighted by Crippen LogP contribution is -2.33. The molecule has 0 aromatic heterocycles. The summed E-state index contributed by atoms with van der Waals surface area (Å²) in [5, 5.41) is 0. The Bertz CT molecular complexity index is 482. The molecule has 0 radical (unpaired) electrons. The van der Waals surface area contributed by atoms with E-state index in [2.05, 4.69) is 41.3 Å². The summed E-state index contributed by atoms with van der Waals surface area (Å²) in [6, 6.07) is 0. The summed E-state index contributed by atoms with van der Waals surface area (Å²) in [6.07, 6.45) is 10.2. The van der Waals surface area contributed by atoms with Crippen LogP contribution in [0.3, 0.4) is 0 Å². The van der Waals surface area contributed by atoms with E-state index in [1.807, 2.05) is 0 Å². The van der Waals surface area contributed by atoms with Crippen molar-refractivity contribution >= 4 is 21.9 Å². The second-order valence-corrected chi connectivity index (χ2v) is 8.18. The smallest absolute Gasteiger partial charge is 0.333 e. The Morgan fingerprint density at radius 2 is 2.26 bits per heavy atom. The van der Waals surface area contributed by atoms with Crippen LogP contribution in [-0.4, -0.2) is 13.1 Å². The number of halogens is 1. The Morgan fingerprint density at radius 1 is 1.52 bits per heavy atom. The molecular weight excluding hydrogens is 352 g/mol. The third-order valence-corrected chi connectivity index (χ3v) is 7.12. The first-order valence-corrected chi connectivity index (χ1v) is 9.91. The minimum Gasteiger partial charge on any atom is -0.466 e. The number of rotatable bonds is 6. The third-order valence-electron chi connectivity index (χ3n) is 6.53. The van der Waals surface area contributed by atoms with Gasteiger partial charge in [0.2, 0.25) is 0 Å². The molecule has 0 spiro atoms. The van der Waals surface area contributed by atoms with E-state index < -0.39 is 0 Å². The lowest BCUT2D eigenvalue weighted by atomic mass is 9.63. The summed E-state index contributed by atoms with van der Waals surface area (Å²) in [4.78, 5) is 13.7. The summed E-state index contributed by atoms with van der Waals surface area (Å²) in [5.74, 6) is 1.57. The molecule has 0 saturated heterocycles. The highest BCUT2D eigenvalue weighted by Gasteiger charge is 2.48. The van der Waals surface area contributed by atoms with Crippen LogP contribution in [0.4, 0.5) is 0 Å². The van der Waals surface area contributed by atoms with E-state index in [4.69, 9.17) is 4.74 Å². The van der Waals surface area contributed by atoms with Gasteiger partial charge in [-0.1, -0.05) is 48.4 Å². The van der Waals surface area contributed by atoms with E-state index in [1.165, 1.54) is 52.1 Å².